The summed E-state index contributed by atoms with van der Waals surface area (Å²) in [7, 11) is 0. The summed E-state index contributed by atoms with van der Waals surface area (Å²) in [5.41, 5.74) is -1.34. The Balaban J connectivity index is 2.67. The zero-order valence-corrected chi connectivity index (χ0v) is 7.59. The van der Waals surface area contributed by atoms with Crippen LogP contribution >= 0.6 is 0 Å². The number of hydrogen-bond acceptors (Lipinski definition) is 2. The van der Waals surface area contributed by atoms with Gasteiger partial charge in [0.2, 0.25) is 0 Å². The first-order chi connectivity index (χ1) is 4.83. The molecule has 2 nitrogen and oxygen atoms in total. The highest BCUT2D eigenvalue weighted by Crippen LogP contribution is 2.38. The van der Waals surface area contributed by atoms with Crippen molar-refractivity contribution in [1.82, 2.24) is 0 Å². The van der Waals surface area contributed by atoms with Gasteiger partial charge in [-0.25, -0.2) is 0 Å². The van der Waals surface area contributed by atoms with Gasteiger partial charge in [-0.3, -0.25) is 0 Å². The van der Waals surface area contributed by atoms with Crippen LogP contribution in [0.4, 0.5) is 0 Å². The molecule has 0 saturated heterocycles. The van der Waals surface area contributed by atoms with Crippen molar-refractivity contribution in [3.63, 3.8) is 0 Å². The van der Waals surface area contributed by atoms with Crippen molar-refractivity contribution in [3.8, 4) is 0 Å². The highest BCUT2D eigenvalue weighted by molar-refractivity contribution is 4.93. The molecule has 3 atom stereocenters. The summed E-state index contributed by atoms with van der Waals surface area (Å²) >= 11 is 0. The summed E-state index contributed by atoms with van der Waals surface area (Å²) in [6.45, 7) is 5.65. The van der Waals surface area contributed by atoms with Crippen LogP contribution in [0.3, 0.4) is 0 Å². The van der Waals surface area contributed by atoms with E-state index < -0.39 is 11.2 Å². The normalized spacial score (nSPS) is 52.6. The second-order valence-corrected chi connectivity index (χ2v) is 4.47. The molecular formula is C9H18O2. The van der Waals surface area contributed by atoms with Crippen LogP contribution in [0.5, 0.6) is 0 Å². The first-order valence-electron chi connectivity index (χ1n) is 4.28. The van der Waals surface area contributed by atoms with E-state index in [0.717, 1.165) is 12.8 Å². The summed E-state index contributed by atoms with van der Waals surface area (Å²) in [4.78, 5) is 0. The lowest BCUT2D eigenvalue weighted by molar-refractivity contribution is -0.110. The standard InChI is InChI=1S/C9H18O2/c1-7-4-5-8(2,10)6-9(7,3)11/h7,10-11H,4-6H2,1-3H3/t7-,8-,9-/m0/s1. The van der Waals surface area contributed by atoms with Gasteiger partial charge in [0.05, 0.1) is 11.2 Å². The van der Waals surface area contributed by atoms with Gasteiger partial charge in [0.15, 0.2) is 0 Å². The Morgan fingerprint density at radius 2 is 1.82 bits per heavy atom. The van der Waals surface area contributed by atoms with E-state index in [1.54, 1.807) is 6.92 Å². The Kier molecular flexibility index (Phi) is 2.01. The van der Waals surface area contributed by atoms with E-state index >= 15 is 0 Å². The first kappa shape index (κ1) is 9.01. The fourth-order valence-electron chi connectivity index (χ4n) is 1.87. The lowest BCUT2D eigenvalue weighted by atomic mass is 9.71. The molecule has 0 aliphatic heterocycles. The lowest BCUT2D eigenvalue weighted by Crippen LogP contribution is -2.46. The van der Waals surface area contributed by atoms with Gasteiger partial charge in [0.1, 0.15) is 0 Å². The molecule has 0 bridgehead atoms. The molecule has 0 amide bonds. The Morgan fingerprint density at radius 1 is 1.27 bits per heavy atom. The van der Waals surface area contributed by atoms with Crippen LogP contribution < -0.4 is 0 Å². The van der Waals surface area contributed by atoms with Crippen molar-refractivity contribution in [3.05, 3.63) is 0 Å². The maximum atomic E-state index is 9.82. The summed E-state index contributed by atoms with van der Waals surface area (Å²) in [5.74, 6) is 0.308. The van der Waals surface area contributed by atoms with E-state index in [4.69, 9.17) is 0 Å². The molecular weight excluding hydrogens is 140 g/mol. The molecule has 2 N–H and O–H groups in total. The summed E-state index contributed by atoms with van der Waals surface area (Å²) in [5, 5.41) is 19.5. The van der Waals surface area contributed by atoms with Gasteiger partial charge in [-0.05, 0) is 32.6 Å². The van der Waals surface area contributed by atoms with Crippen LogP contribution in [0.25, 0.3) is 0 Å². The molecule has 1 aliphatic carbocycles. The van der Waals surface area contributed by atoms with Crippen molar-refractivity contribution < 1.29 is 10.2 Å². The van der Waals surface area contributed by atoms with Crippen LogP contribution in [-0.4, -0.2) is 21.4 Å². The molecule has 0 radical (unpaired) electrons. The molecule has 1 saturated carbocycles. The Hall–Kier alpha value is -0.0800. The minimum Gasteiger partial charge on any atom is -0.390 e. The van der Waals surface area contributed by atoms with E-state index in [0.29, 0.717) is 12.3 Å². The lowest BCUT2D eigenvalue weighted by Gasteiger charge is -2.42. The zero-order chi connectivity index (χ0) is 8.70. The van der Waals surface area contributed by atoms with Crippen molar-refractivity contribution >= 4 is 0 Å². The van der Waals surface area contributed by atoms with Crippen LogP contribution in [0.15, 0.2) is 0 Å². The predicted octanol–water partition coefficient (Wildman–Crippen LogP) is 1.31. The minimum absolute atomic E-state index is 0.308. The average Bonchev–Trinajstić information content (AvgIpc) is 1.77. The molecule has 0 aromatic rings. The summed E-state index contributed by atoms with van der Waals surface area (Å²) in [6, 6.07) is 0. The van der Waals surface area contributed by atoms with E-state index in [1.807, 2.05) is 13.8 Å². The Labute approximate surface area is 68.2 Å². The molecule has 0 heterocycles. The Bertz CT molecular complexity index is 150. The third-order valence-electron chi connectivity index (χ3n) is 2.92. The predicted molar refractivity (Wildman–Crippen MR) is 44.3 cm³/mol. The quantitative estimate of drug-likeness (QED) is 0.558. The van der Waals surface area contributed by atoms with Crippen molar-refractivity contribution in [2.75, 3.05) is 0 Å². The van der Waals surface area contributed by atoms with Crippen molar-refractivity contribution in [1.29, 1.82) is 0 Å². The van der Waals surface area contributed by atoms with E-state index in [2.05, 4.69) is 0 Å². The van der Waals surface area contributed by atoms with Crippen molar-refractivity contribution in [2.45, 2.75) is 51.2 Å². The molecule has 1 fully saturated rings. The molecule has 0 aromatic heterocycles. The molecule has 0 spiro atoms. The SMILES string of the molecule is C[C@H]1CC[C@](C)(O)C[C@]1(C)O. The van der Waals surface area contributed by atoms with Gasteiger partial charge in [0, 0.05) is 6.42 Å². The number of hydrogen-bond donors (Lipinski definition) is 2. The van der Waals surface area contributed by atoms with Crippen LogP contribution in [0.1, 0.15) is 40.0 Å². The van der Waals surface area contributed by atoms with Crippen LogP contribution in [-0.2, 0) is 0 Å². The fraction of sp³-hybridized carbons (Fsp3) is 1.00. The highest BCUT2D eigenvalue weighted by atomic mass is 16.3. The van der Waals surface area contributed by atoms with Gasteiger partial charge in [0.25, 0.3) is 0 Å². The maximum Gasteiger partial charge on any atom is 0.0672 e. The molecule has 2 heteroatoms. The Morgan fingerprint density at radius 3 is 2.18 bits per heavy atom. The molecule has 66 valence electrons. The summed E-state index contributed by atoms with van der Waals surface area (Å²) < 4.78 is 0. The highest BCUT2D eigenvalue weighted by Gasteiger charge is 2.41. The second-order valence-electron chi connectivity index (χ2n) is 4.47. The van der Waals surface area contributed by atoms with Gasteiger partial charge < -0.3 is 10.2 Å². The smallest absolute Gasteiger partial charge is 0.0672 e. The average molecular weight is 158 g/mol. The zero-order valence-electron chi connectivity index (χ0n) is 7.59. The molecule has 0 aromatic carbocycles. The fourth-order valence-corrected chi connectivity index (χ4v) is 1.87. The number of aliphatic hydroxyl groups is 2. The molecule has 1 rings (SSSR count). The minimum atomic E-state index is -0.679. The molecule has 11 heavy (non-hydrogen) atoms. The van der Waals surface area contributed by atoms with Gasteiger partial charge in [-0.2, -0.15) is 0 Å². The van der Waals surface area contributed by atoms with Gasteiger partial charge >= 0.3 is 0 Å². The van der Waals surface area contributed by atoms with E-state index in [1.165, 1.54) is 0 Å². The van der Waals surface area contributed by atoms with E-state index in [9.17, 15) is 10.2 Å². The molecule has 1 aliphatic rings. The van der Waals surface area contributed by atoms with Crippen LogP contribution in [0.2, 0.25) is 0 Å². The third kappa shape index (κ3) is 1.94. The van der Waals surface area contributed by atoms with Gasteiger partial charge in [-0.15, -0.1) is 0 Å². The monoisotopic (exact) mass is 158 g/mol. The second kappa shape index (κ2) is 2.46. The van der Waals surface area contributed by atoms with E-state index in [-0.39, 0.29) is 0 Å². The van der Waals surface area contributed by atoms with Crippen LogP contribution in [0, 0.1) is 5.92 Å². The first-order valence-corrected chi connectivity index (χ1v) is 4.28. The summed E-state index contributed by atoms with van der Waals surface area (Å²) in [6.07, 6.45) is 2.23. The number of rotatable bonds is 0. The topological polar surface area (TPSA) is 40.5 Å². The largest absolute Gasteiger partial charge is 0.390 e. The van der Waals surface area contributed by atoms with Crippen molar-refractivity contribution in [2.24, 2.45) is 5.92 Å². The molecule has 0 unspecified atom stereocenters. The maximum absolute atomic E-state index is 9.82. The van der Waals surface area contributed by atoms with Gasteiger partial charge in [-0.1, -0.05) is 6.92 Å². The third-order valence-corrected chi connectivity index (χ3v) is 2.92.